The highest BCUT2D eigenvalue weighted by Crippen LogP contribution is 2.31. The van der Waals surface area contributed by atoms with Gasteiger partial charge in [0.05, 0.1) is 18.6 Å². The summed E-state index contributed by atoms with van der Waals surface area (Å²) in [6.45, 7) is 0.398. The first-order chi connectivity index (χ1) is 6.69. The molecule has 0 saturated carbocycles. The Bertz CT molecular complexity index is 314. The average molecular weight is 234 g/mol. The van der Waals surface area contributed by atoms with Gasteiger partial charge in [0, 0.05) is 17.3 Å². The van der Waals surface area contributed by atoms with Gasteiger partial charge in [0.15, 0.2) is 0 Å². The average Bonchev–Trinajstić information content (AvgIpc) is 2.60. The molecule has 5 heteroatoms. The minimum Gasteiger partial charge on any atom is -0.469 e. The molecule has 14 heavy (non-hydrogen) atoms. The molecule has 3 nitrogen and oxygen atoms in total. The third kappa shape index (κ3) is 2.70. The summed E-state index contributed by atoms with van der Waals surface area (Å²) in [6.07, 6.45) is 0.285. The van der Waals surface area contributed by atoms with Crippen LogP contribution in [0, 0.1) is 0 Å². The molecule has 0 amide bonds. The second-order valence-electron chi connectivity index (χ2n) is 2.85. The normalized spacial score (nSPS) is 12.5. The Balaban J connectivity index is 2.72. The van der Waals surface area contributed by atoms with Gasteiger partial charge >= 0.3 is 5.97 Å². The maximum atomic E-state index is 11.1. The molecule has 0 aromatic carbocycles. The zero-order valence-electron chi connectivity index (χ0n) is 7.83. The van der Waals surface area contributed by atoms with Gasteiger partial charge in [-0.15, -0.1) is 11.3 Å². The number of carbonyl (C=O) groups is 1. The second kappa shape index (κ2) is 5.34. The van der Waals surface area contributed by atoms with E-state index in [-0.39, 0.29) is 18.3 Å². The van der Waals surface area contributed by atoms with Crippen molar-refractivity contribution in [3.63, 3.8) is 0 Å². The summed E-state index contributed by atoms with van der Waals surface area (Å²) in [5.74, 6) is -0.292. The lowest BCUT2D eigenvalue weighted by Crippen LogP contribution is -2.16. The van der Waals surface area contributed by atoms with Crippen molar-refractivity contribution in [2.45, 2.75) is 12.3 Å². The topological polar surface area (TPSA) is 52.3 Å². The summed E-state index contributed by atoms with van der Waals surface area (Å²) in [7, 11) is 1.37. The summed E-state index contributed by atoms with van der Waals surface area (Å²) in [4.78, 5) is 12.0. The molecule has 1 unspecified atom stereocenters. The number of esters is 1. The number of rotatable bonds is 4. The number of thiophene rings is 1. The van der Waals surface area contributed by atoms with Crippen molar-refractivity contribution in [3.05, 3.63) is 21.3 Å². The fraction of sp³-hybridized carbons (Fsp3) is 0.444. The Morgan fingerprint density at radius 1 is 1.79 bits per heavy atom. The van der Waals surface area contributed by atoms with Gasteiger partial charge in [-0.1, -0.05) is 11.6 Å². The number of hydrogen-bond donors (Lipinski definition) is 1. The molecule has 0 saturated heterocycles. The summed E-state index contributed by atoms with van der Waals surface area (Å²) in [6, 6.07) is 1.81. The second-order valence-corrected chi connectivity index (χ2v) is 4.20. The van der Waals surface area contributed by atoms with E-state index < -0.39 is 0 Å². The first-order valence-electron chi connectivity index (χ1n) is 4.18. The third-order valence-electron chi connectivity index (χ3n) is 1.94. The van der Waals surface area contributed by atoms with Gasteiger partial charge in [-0.3, -0.25) is 4.79 Å². The van der Waals surface area contributed by atoms with Crippen LogP contribution in [0.25, 0.3) is 0 Å². The monoisotopic (exact) mass is 233 g/mol. The van der Waals surface area contributed by atoms with Crippen LogP contribution in [-0.4, -0.2) is 19.6 Å². The van der Waals surface area contributed by atoms with Crippen LogP contribution >= 0.6 is 22.9 Å². The van der Waals surface area contributed by atoms with Gasteiger partial charge in [-0.05, 0) is 11.4 Å². The number of carbonyl (C=O) groups excluding carboxylic acids is 1. The van der Waals surface area contributed by atoms with E-state index in [0.29, 0.717) is 11.6 Å². The Hall–Kier alpha value is -0.580. The van der Waals surface area contributed by atoms with E-state index in [2.05, 4.69) is 4.74 Å². The molecule has 0 aliphatic carbocycles. The molecule has 0 spiro atoms. The summed E-state index contributed by atoms with van der Waals surface area (Å²) in [5, 5.41) is 2.56. The fourth-order valence-corrected chi connectivity index (χ4v) is 2.49. The first kappa shape index (κ1) is 11.5. The van der Waals surface area contributed by atoms with Crippen molar-refractivity contribution in [3.8, 4) is 0 Å². The van der Waals surface area contributed by atoms with Crippen LogP contribution in [0.1, 0.15) is 17.2 Å². The lowest BCUT2D eigenvalue weighted by molar-refractivity contribution is -0.141. The lowest BCUT2D eigenvalue weighted by atomic mass is 10.0. The molecule has 0 radical (unpaired) electrons. The molecule has 78 valence electrons. The third-order valence-corrected chi connectivity index (χ3v) is 3.46. The molecule has 1 atom stereocenters. The summed E-state index contributed by atoms with van der Waals surface area (Å²) in [5.41, 5.74) is 5.58. The quantitative estimate of drug-likeness (QED) is 0.810. The number of methoxy groups -OCH3 is 1. The molecule has 1 aromatic heterocycles. The maximum absolute atomic E-state index is 11.1. The minimum atomic E-state index is -0.259. The van der Waals surface area contributed by atoms with Gasteiger partial charge in [0.2, 0.25) is 0 Å². The van der Waals surface area contributed by atoms with E-state index >= 15 is 0 Å². The first-order valence-corrected chi connectivity index (χ1v) is 5.44. The lowest BCUT2D eigenvalue weighted by Gasteiger charge is -2.11. The van der Waals surface area contributed by atoms with Crippen LogP contribution in [0.4, 0.5) is 0 Å². The van der Waals surface area contributed by atoms with Crippen molar-refractivity contribution < 1.29 is 9.53 Å². The van der Waals surface area contributed by atoms with Crippen LogP contribution in [-0.2, 0) is 9.53 Å². The molecule has 0 aliphatic heterocycles. The van der Waals surface area contributed by atoms with Crippen molar-refractivity contribution in [2.75, 3.05) is 13.7 Å². The fourth-order valence-electron chi connectivity index (χ4n) is 1.16. The largest absolute Gasteiger partial charge is 0.469 e. The van der Waals surface area contributed by atoms with Crippen LogP contribution in [0.5, 0.6) is 0 Å². The number of hydrogen-bond acceptors (Lipinski definition) is 4. The molecular formula is C9H12ClNO2S. The molecule has 1 aromatic rings. The van der Waals surface area contributed by atoms with Crippen molar-refractivity contribution >= 4 is 28.9 Å². The molecular weight excluding hydrogens is 222 g/mol. The molecule has 1 rings (SSSR count). The van der Waals surface area contributed by atoms with Gasteiger partial charge in [0.25, 0.3) is 0 Å². The van der Waals surface area contributed by atoms with Crippen LogP contribution < -0.4 is 5.73 Å². The van der Waals surface area contributed by atoms with E-state index in [1.807, 2.05) is 11.4 Å². The summed E-state index contributed by atoms with van der Waals surface area (Å²) >= 11 is 7.46. The Kier molecular flexibility index (Phi) is 4.38. The highest BCUT2D eigenvalue weighted by molar-refractivity contribution is 7.10. The van der Waals surface area contributed by atoms with E-state index in [0.717, 1.165) is 4.88 Å². The number of halogens is 1. The van der Waals surface area contributed by atoms with Crippen LogP contribution in [0.3, 0.4) is 0 Å². The zero-order valence-corrected chi connectivity index (χ0v) is 9.40. The van der Waals surface area contributed by atoms with Crippen LogP contribution in [0.2, 0.25) is 5.02 Å². The summed E-state index contributed by atoms with van der Waals surface area (Å²) < 4.78 is 4.59. The number of ether oxygens (including phenoxy) is 1. The zero-order chi connectivity index (χ0) is 10.6. The maximum Gasteiger partial charge on any atom is 0.306 e. The smallest absolute Gasteiger partial charge is 0.306 e. The van der Waals surface area contributed by atoms with E-state index in [1.165, 1.54) is 18.4 Å². The SMILES string of the molecule is COC(=O)CC(CN)c1sccc1Cl. The van der Waals surface area contributed by atoms with E-state index in [9.17, 15) is 4.79 Å². The highest BCUT2D eigenvalue weighted by atomic mass is 35.5. The molecule has 0 aliphatic rings. The Labute approximate surface area is 91.8 Å². The highest BCUT2D eigenvalue weighted by Gasteiger charge is 2.18. The molecule has 0 fully saturated rings. The van der Waals surface area contributed by atoms with Crippen molar-refractivity contribution in [1.29, 1.82) is 0 Å². The van der Waals surface area contributed by atoms with Gasteiger partial charge in [-0.25, -0.2) is 0 Å². The minimum absolute atomic E-state index is 0.0325. The number of nitrogens with two attached hydrogens (primary N) is 1. The van der Waals surface area contributed by atoms with Crippen LogP contribution in [0.15, 0.2) is 11.4 Å². The Morgan fingerprint density at radius 2 is 2.50 bits per heavy atom. The van der Waals surface area contributed by atoms with E-state index in [1.54, 1.807) is 0 Å². The van der Waals surface area contributed by atoms with E-state index in [4.69, 9.17) is 17.3 Å². The van der Waals surface area contributed by atoms with Crippen molar-refractivity contribution in [2.24, 2.45) is 5.73 Å². The van der Waals surface area contributed by atoms with Gasteiger partial charge in [0.1, 0.15) is 0 Å². The predicted octanol–water partition coefficient (Wildman–Crippen LogP) is 2.01. The van der Waals surface area contributed by atoms with Crippen molar-refractivity contribution in [1.82, 2.24) is 0 Å². The van der Waals surface area contributed by atoms with Gasteiger partial charge < -0.3 is 10.5 Å². The predicted molar refractivity (Wildman–Crippen MR) is 57.8 cm³/mol. The molecule has 1 heterocycles. The van der Waals surface area contributed by atoms with Gasteiger partial charge in [-0.2, -0.15) is 0 Å². The molecule has 0 bridgehead atoms. The standard InChI is InChI=1S/C9H12ClNO2S/c1-13-8(12)4-6(5-11)9-7(10)2-3-14-9/h2-3,6H,4-5,11H2,1H3. The Morgan fingerprint density at radius 3 is 2.93 bits per heavy atom. The molecule has 2 N–H and O–H groups in total.